The Labute approximate surface area is 119 Å². The van der Waals surface area contributed by atoms with E-state index in [1.165, 1.54) is 38.5 Å². The van der Waals surface area contributed by atoms with E-state index in [4.69, 9.17) is 4.84 Å². The molecule has 2 nitrogen and oxygen atoms in total. The summed E-state index contributed by atoms with van der Waals surface area (Å²) in [5.74, 6) is 1.34. The molecule has 0 unspecified atom stereocenters. The van der Waals surface area contributed by atoms with Crippen molar-refractivity contribution in [2.24, 2.45) is 11.8 Å². The van der Waals surface area contributed by atoms with Crippen molar-refractivity contribution in [3.05, 3.63) is 12.7 Å². The summed E-state index contributed by atoms with van der Waals surface area (Å²) in [5, 5.41) is 2.29. The molecule has 0 N–H and O–H groups in total. The van der Waals surface area contributed by atoms with Crippen molar-refractivity contribution in [3.63, 3.8) is 0 Å². The van der Waals surface area contributed by atoms with Crippen molar-refractivity contribution < 1.29 is 4.84 Å². The van der Waals surface area contributed by atoms with E-state index in [0.717, 1.165) is 6.61 Å². The van der Waals surface area contributed by atoms with Crippen LogP contribution >= 0.6 is 0 Å². The minimum absolute atomic E-state index is 0.157. The number of nitrogens with zero attached hydrogens (tertiary/aromatic N) is 1. The average molecular weight is 265 g/mol. The molecule has 2 atom stereocenters. The van der Waals surface area contributed by atoms with Gasteiger partial charge in [0.2, 0.25) is 0 Å². The number of allylic oxidation sites excluding steroid dienone is 1. The predicted molar refractivity (Wildman–Crippen MR) is 80.8 cm³/mol. The van der Waals surface area contributed by atoms with Gasteiger partial charge in [0.1, 0.15) is 0 Å². The lowest BCUT2D eigenvalue weighted by Crippen LogP contribution is -2.58. The number of rotatable bonds is 4. The molecule has 1 aliphatic carbocycles. The van der Waals surface area contributed by atoms with Crippen molar-refractivity contribution in [1.82, 2.24) is 5.06 Å². The summed E-state index contributed by atoms with van der Waals surface area (Å²) in [6, 6.07) is 0. The van der Waals surface area contributed by atoms with E-state index in [2.05, 4.69) is 45.4 Å². The van der Waals surface area contributed by atoms with Crippen LogP contribution in [-0.4, -0.2) is 22.7 Å². The minimum Gasteiger partial charge on any atom is -0.298 e. The molecular weight excluding hydrogens is 234 g/mol. The third-order valence-electron chi connectivity index (χ3n) is 5.12. The molecule has 0 aromatic carbocycles. The standard InChI is InChI=1S/C17H31NO/c1-6-14-9-7-10-15(14)13-19-18-16(2,3)11-8-12-17(18,4)5/h6,14-15H,1,7-13H2,2-5H3/t14-,15+/m1/s1. The largest absolute Gasteiger partial charge is 0.298 e. The Hall–Kier alpha value is -0.340. The Morgan fingerprint density at radius 2 is 1.74 bits per heavy atom. The Morgan fingerprint density at radius 1 is 1.11 bits per heavy atom. The molecule has 1 aliphatic heterocycles. The third kappa shape index (κ3) is 3.22. The fraction of sp³-hybridized carbons (Fsp3) is 0.882. The molecule has 1 saturated carbocycles. The van der Waals surface area contributed by atoms with E-state index in [-0.39, 0.29) is 11.1 Å². The highest BCUT2D eigenvalue weighted by atomic mass is 16.7. The molecule has 0 aromatic rings. The van der Waals surface area contributed by atoms with Crippen molar-refractivity contribution in [3.8, 4) is 0 Å². The van der Waals surface area contributed by atoms with Crippen LogP contribution in [0.4, 0.5) is 0 Å². The highest BCUT2D eigenvalue weighted by Crippen LogP contribution is 2.40. The molecule has 19 heavy (non-hydrogen) atoms. The summed E-state index contributed by atoms with van der Waals surface area (Å²) in [4.78, 5) is 6.32. The van der Waals surface area contributed by atoms with E-state index in [1.807, 2.05) is 0 Å². The van der Waals surface area contributed by atoms with Gasteiger partial charge in [-0.25, -0.2) is 0 Å². The molecule has 0 aromatic heterocycles. The molecule has 2 aliphatic rings. The van der Waals surface area contributed by atoms with Crippen LogP contribution < -0.4 is 0 Å². The number of piperidine rings is 1. The Kier molecular flexibility index (Phi) is 4.42. The van der Waals surface area contributed by atoms with Gasteiger partial charge in [-0.05, 0) is 71.6 Å². The molecule has 1 saturated heterocycles. The average Bonchev–Trinajstić information content (AvgIpc) is 2.74. The highest BCUT2D eigenvalue weighted by molar-refractivity contribution is 4.94. The zero-order valence-electron chi connectivity index (χ0n) is 13.2. The first-order valence-electron chi connectivity index (χ1n) is 7.93. The molecule has 0 bridgehead atoms. The van der Waals surface area contributed by atoms with Crippen LogP contribution in [0.5, 0.6) is 0 Å². The summed E-state index contributed by atoms with van der Waals surface area (Å²) in [6.45, 7) is 14.1. The van der Waals surface area contributed by atoms with Gasteiger partial charge in [0.25, 0.3) is 0 Å². The van der Waals surface area contributed by atoms with E-state index in [1.54, 1.807) is 0 Å². The molecule has 2 fully saturated rings. The Balaban J connectivity index is 1.98. The highest BCUT2D eigenvalue weighted by Gasteiger charge is 2.43. The number of hydrogen-bond acceptors (Lipinski definition) is 2. The zero-order chi connectivity index (χ0) is 14.1. The van der Waals surface area contributed by atoms with Crippen LogP contribution in [0.25, 0.3) is 0 Å². The molecule has 110 valence electrons. The lowest BCUT2D eigenvalue weighted by atomic mass is 9.82. The summed E-state index contributed by atoms with van der Waals surface area (Å²) >= 11 is 0. The normalized spacial score (nSPS) is 34.3. The first kappa shape index (κ1) is 15.1. The van der Waals surface area contributed by atoms with Crippen LogP contribution in [0.15, 0.2) is 12.7 Å². The maximum Gasteiger partial charge on any atom is 0.0719 e. The maximum atomic E-state index is 6.32. The quantitative estimate of drug-likeness (QED) is 0.691. The topological polar surface area (TPSA) is 12.5 Å². The number of hydroxylamine groups is 2. The smallest absolute Gasteiger partial charge is 0.0719 e. The molecule has 0 spiro atoms. The van der Waals surface area contributed by atoms with E-state index >= 15 is 0 Å². The van der Waals surface area contributed by atoms with Crippen LogP contribution in [0, 0.1) is 11.8 Å². The first-order valence-corrected chi connectivity index (χ1v) is 7.93. The Morgan fingerprint density at radius 3 is 2.32 bits per heavy atom. The monoisotopic (exact) mass is 265 g/mol. The summed E-state index contributed by atoms with van der Waals surface area (Å²) in [7, 11) is 0. The third-order valence-corrected chi connectivity index (χ3v) is 5.12. The predicted octanol–water partition coefficient (Wildman–Crippen LogP) is 4.56. The molecular formula is C17H31NO. The molecule has 1 heterocycles. The summed E-state index contributed by atoms with van der Waals surface area (Å²) in [5.41, 5.74) is 0.314. The van der Waals surface area contributed by atoms with Gasteiger partial charge in [0, 0.05) is 11.1 Å². The van der Waals surface area contributed by atoms with Gasteiger partial charge in [-0.3, -0.25) is 4.84 Å². The lowest BCUT2D eigenvalue weighted by molar-refractivity contribution is -0.286. The van der Waals surface area contributed by atoms with Crippen LogP contribution in [0.2, 0.25) is 0 Å². The van der Waals surface area contributed by atoms with E-state index in [9.17, 15) is 0 Å². The molecule has 0 radical (unpaired) electrons. The van der Waals surface area contributed by atoms with Crippen molar-refractivity contribution in [2.45, 2.75) is 77.3 Å². The molecule has 0 amide bonds. The van der Waals surface area contributed by atoms with Gasteiger partial charge in [-0.15, -0.1) is 6.58 Å². The van der Waals surface area contributed by atoms with Gasteiger partial charge < -0.3 is 0 Å². The second-order valence-corrected chi connectivity index (χ2v) is 7.66. The van der Waals surface area contributed by atoms with Crippen molar-refractivity contribution >= 4 is 0 Å². The summed E-state index contributed by atoms with van der Waals surface area (Å²) < 4.78 is 0. The Bertz CT molecular complexity index is 305. The molecule has 2 heteroatoms. The van der Waals surface area contributed by atoms with Crippen LogP contribution in [0.3, 0.4) is 0 Å². The second kappa shape index (κ2) is 5.57. The maximum absolute atomic E-state index is 6.32. The van der Waals surface area contributed by atoms with Crippen LogP contribution in [0.1, 0.15) is 66.2 Å². The van der Waals surface area contributed by atoms with Gasteiger partial charge >= 0.3 is 0 Å². The van der Waals surface area contributed by atoms with E-state index < -0.39 is 0 Å². The second-order valence-electron chi connectivity index (χ2n) is 7.66. The van der Waals surface area contributed by atoms with Gasteiger partial charge in [-0.1, -0.05) is 12.5 Å². The minimum atomic E-state index is 0.157. The van der Waals surface area contributed by atoms with Gasteiger partial charge in [0.05, 0.1) is 6.61 Å². The van der Waals surface area contributed by atoms with E-state index in [0.29, 0.717) is 11.8 Å². The first-order chi connectivity index (χ1) is 8.87. The van der Waals surface area contributed by atoms with Crippen molar-refractivity contribution in [2.75, 3.05) is 6.61 Å². The van der Waals surface area contributed by atoms with Crippen LogP contribution in [-0.2, 0) is 4.84 Å². The SMILES string of the molecule is C=C[C@@H]1CCC[C@H]1CON1C(C)(C)CCCC1(C)C. The van der Waals surface area contributed by atoms with Gasteiger partial charge in [0.15, 0.2) is 0 Å². The fourth-order valence-electron chi connectivity index (χ4n) is 4.08. The van der Waals surface area contributed by atoms with Gasteiger partial charge in [-0.2, -0.15) is 5.06 Å². The fourth-order valence-corrected chi connectivity index (χ4v) is 4.08. The summed E-state index contributed by atoms with van der Waals surface area (Å²) in [6.07, 6.45) is 9.82. The lowest BCUT2D eigenvalue weighted by Gasteiger charge is -2.51. The number of hydrogen-bond donors (Lipinski definition) is 0. The molecule has 2 rings (SSSR count). The zero-order valence-corrected chi connectivity index (χ0v) is 13.2. The van der Waals surface area contributed by atoms with Crippen molar-refractivity contribution in [1.29, 1.82) is 0 Å².